The van der Waals surface area contributed by atoms with Crippen LogP contribution >= 0.6 is 15.9 Å². The Morgan fingerprint density at radius 2 is 1.90 bits per heavy atom. The van der Waals surface area contributed by atoms with Crippen molar-refractivity contribution in [1.82, 2.24) is 0 Å². The van der Waals surface area contributed by atoms with Crippen LogP contribution in [0.2, 0.25) is 0 Å². The highest BCUT2D eigenvalue weighted by Gasteiger charge is 2.43. The first-order valence-electron chi connectivity index (χ1n) is 7.03. The molecule has 1 aliphatic heterocycles. The Morgan fingerprint density at radius 3 is 2.62 bits per heavy atom. The molecule has 0 N–H and O–H groups in total. The summed E-state index contributed by atoms with van der Waals surface area (Å²) in [7, 11) is 0. The van der Waals surface area contributed by atoms with E-state index in [0.29, 0.717) is 16.7 Å². The molecule has 0 aromatic heterocycles. The first-order valence-corrected chi connectivity index (χ1v) is 7.82. The molecule has 0 bridgehead atoms. The summed E-state index contributed by atoms with van der Waals surface area (Å²) >= 11 is 3.39. The molecule has 1 aromatic carbocycles. The third-order valence-corrected chi connectivity index (χ3v) is 4.63. The van der Waals surface area contributed by atoms with Crippen LogP contribution in [0.3, 0.4) is 0 Å². The maximum atomic E-state index is 12.0. The number of carbonyl (C=O) groups excluding carboxylic acids is 2. The normalized spacial score (nSPS) is 26.0. The first kappa shape index (κ1) is 14.3. The molecule has 4 nitrogen and oxygen atoms in total. The Hall–Kier alpha value is -1.62. The summed E-state index contributed by atoms with van der Waals surface area (Å²) in [5.74, 6) is 0.0987. The lowest BCUT2D eigenvalue weighted by Crippen LogP contribution is -2.31. The van der Waals surface area contributed by atoms with Crippen molar-refractivity contribution in [1.29, 1.82) is 0 Å². The smallest absolute Gasteiger partial charge is 0.375 e. The standard InChI is InChI=1S/C16H15BrO4/c17-13-14(11-8-4-5-9-12(11)18)21-16(19)15(13)20-10-6-2-1-3-7-10/h1-3,6-7,11,14H,4-5,8-9H2. The molecule has 110 valence electrons. The van der Waals surface area contributed by atoms with Gasteiger partial charge < -0.3 is 9.47 Å². The van der Waals surface area contributed by atoms with Crippen LogP contribution in [-0.2, 0) is 14.3 Å². The van der Waals surface area contributed by atoms with Crippen LogP contribution in [0.15, 0.2) is 40.6 Å². The molecule has 0 saturated heterocycles. The monoisotopic (exact) mass is 350 g/mol. The average molecular weight is 351 g/mol. The molecule has 1 fully saturated rings. The maximum Gasteiger partial charge on any atom is 0.375 e. The molecule has 0 spiro atoms. The molecule has 1 aliphatic carbocycles. The fourth-order valence-electron chi connectivity index (χ4n) is 2.73. The van der Waals surface area contributed by atoms with E-state index in [1.54, 1.807) is 12.1 Å². The molecule has 2 unspecified atom stereocenters. The largest absolute Gasteiger partial charge is 0.450 e. The molecular weight excluding hydrogens is 336 g/mol. The van der Waals surface area contributed by atoms with E-state index in [-0.39, 0.29) is 17.5 Å². The van der Waals surface area contributed by atoms with E-state index in [2.05, 4.69) is 15.9 Å². The average Bonchev–Trinajstić information content (AvgIpc) is 2.77. The van der Waals surface area contributed by atoms with Gasteiger partial charge in [0.2, 0.25) is 5.76 Å². The molecule has 21 heavy (non-hydrogen) atoms. The molecule has 1 aromatic rings. The van der Waals surface area contributed by atoms with Crippen molar-refractivity contribution < 1.29 is 19.1 Å². The quantitative estimate of drug-likeness (QED) is 0.784. The van der Waals surface area contributed by atoms with Crippen LogP contribution in [0.25, 0.3) is 0 Å². The highest BCUT2D eigenvalue weighted by atomic mass is 79.9. The molecule has 2 atom stereocenters. The molecule has 2 aliphatic rings. The fraction of sp³-hybridized carbons (Fsp3) is 0.375. The Balaban J connectivity index is 1.82. The molecule has 5 heteroatoms. The highest BCUT2D eigenvalue weighted by Crippen LogP contribution is 2.38. The van der Waals surface area contributed by atoms with E-state index in [4.69, 9.17) is 9.47 Å². The van der Waals surface area contributed by atoms with Crippen molar-refractivity contribution in [2.24, 2.45) is 5.92 Å². The zero-order chi connectivity index (χ0) is 14.8. The number of benzene rings is 1. The minimum atomic E-state index is -0.538. The van der Waals surface area contributed by atoms with Gasteiger partial charge in [-0.2, -0.15) is 0 Å². The van der Waals surface area contributed by atoms with Crippen molar-refractivity contribution in [3.8, 4) is 5.75 Å². The van der Waals surface area contributed by atoms with Gasteiger partial charge in [-0.1, -0.05) is 24.6 Å². The van der Waals surface area contributed by atoms with E-state index in [1.165, 1.54) is 0 Å². The van der Waals surface area contributed by atoms with Gasteiger partial charge in [0.15, 0.2) is 0 Å². The summed E-state index contributed by atoms with van der Waals surface area (Å²) < 4.78 is 11.5. The van der Waals surface area contributed by atoms with Gasteiger partial charge >= 0.3 is 5.97 Å². The third kappa shape index (κ3) is 2.88. The van der Waals surface area contributed by atoms with Gasteiger partial charge in [-0.3, -0.25) is 4.79 Å². The van der Waals surface area contributed by atoms with E-state index in [1.807, 2.05) is 18.2 Å². The zero-order valence-corrected chi connectivity index (χ0v) is 13.0. The van der Waals surface area contributed by atoms with Gasteiger partial charge in [-0.05, 0) is 40.9 Å². The second kappa shape index (κ2) is 6.02. The van der Waals surface area contributed by atoms with Crippen LogP contribution < -0.4 is 4.74 Å². The van der Waals surface area contributed by atoms with Gasteiger partial charge in [-0.25, -0.2) is 4.79 Å². The lowest BCUT2D eigenvalue weighted by atomic mass is 9.84. The number of para-hydroxylation sites is 1. The number of hydrogen-bond donors (Lipinski definition) is 0. The van der Waals surface area contributed by atoms with E-state index in [0.717, 1.165) is 19.3 Å². The number of hydrogen-bond acceptors (Lipinski definition) is 4. The number of ketones is 1. The number of Topliss-reactive ketones (excluding diaryl/α,β-unsaturated/α-hetero) is 1. The van der Waals surface area contributed by atoms with Crippen LogP contribution in [0.1, 0.15) is 25.7 Å². The highest BCUT2D eigenvalue weighted by molar-refractivity contribution is 9.11. The topological polar surface area (TPSA) is 52.6 Å². The van der Waals surface area contributed by atoms with Gasteiger partial charge in [0, 0.05) is 6.42 Å². The summed E-state index contributed by atoms with van der Waals surface area (Å²) in [4.78, 5) is 24.0. The summed E-state index contributed by atoms with van der Waals surface area (Å²) in [5.41, 5.74) is 0. The summed E-state index contributed by atoms with van der Waals surface area (Å²) in [6, 6.07) is 9.05. The van der Waals surface area contributed by atoms with Crippen LogP contribution in [0.5, 0.6) is 5.75 Å². The second-order valence-electron chi connectivity index (χ2n) is 5.24. The number of ether oxygens (including phenoxy) is 2. The van der Waals surface area contributed by atoms with Crippen LogP contribution in [-0.4, -0.2) is 17.9 Å². The fourth-order valence-corrected chi connectivity index (χ4v) is 3.39. The van der Waals surface area contributed by atoms with Gasteiger partial charge in [-0.15, -0.1) is 0 Å². The minimum Gasteiger partial charge on any atom is -0.450 e. The number of carbonyl (C=O) groups is 2. The second-order valence-corrected chi connectivity index (χ2v) is 6.09. The summed E-state index contributed by atoms with van der Waals surface area (Å²) in [5, 5.41) is 0. The lowest BCUT2D eigenvalue weighted by Gasteiger charge is -2.25. The van der Waals surface area contributed by atoms with Crippen molar-refractivity contribution >= 4 is 27.7 Å². The Kier molecular flexibility index (Phi) is 4.10. The molecule has 1 heterocycles. The van der Waals surface area contributed by atoms with E-state index in [9.17, 15) is 9.59 Å². The van der Waals surface area contributed by atoms with Gasteiger partial charge in [0.25, 0.3) is 0 Å². The number of rotatable bonds is 3. The summed E-state index contributed by atoms with van der Waals surface area (Å²) in [6.07, 6.45) is 2.69. The summed E-state index contributed by atoms with van der Waals surface area (Å²) in [6.45, 7) is 0. The minimum absolute atomic E-state index is 0.143. The molecule has 1 saturated carbocycles. The Labute approximate surface area is 131 Å². The molecular formula is C16H15BrO4. The lowest BCUT2D eigenvalue weighted by molar-refractivity contribution is -0.146. The third-order valence-electron chi connectivity index (χ3n) is 3.82. The first-order chi connectivity index (χ1) is 10.2. The molecule has 3 rings (SSSR count). The molecule has 0 amide bonds. The van der Waals surface area contributed by atoms with Crippen molar-refractivity contribution in [3.63, 3.8) is 0 Å². The zero-order valence-electron chi connectivity index (χ0n) is 11.4. The van der Waals surface area contributed by atoms with Crippen molar-refractivity contribution in [3.05, 3.63) is 40.6 Å². The van der Waals surface area contributed by atoms with Crippen LogP contribution in [0, 0.1) is 5.92 Å². The predicted octanol–water partition coefficient (Wildman–Crippen LogP) is 3.36. The van der Waals surface area contributed by atoms with E-state index < -0.39 is 12.1 Å². The molecule has 0 radical (unpaired) electrons. The predicted molar refractivity (Wildman–Crippen MR) is 79.9 cm³/mol. The van der Waals surface area contributed by atoms with Gasteiger partial charge in [0.05, 0.1) is 10.4 Å². The van der Waals surface area contributed by atoms with Crippen LogP contribution in [0.4, 0.5) is 0 Å². The Bertz CT molecular complexity index is 594. The van der Waals surface area contributed by atoms with Crippen molar-refractivity contribution in [2.75, 3.05) is 0 Å². The number of halogens is 1. The number of esters is 1. The number of cyclic esters (lactones) is 1. The SMILES string of the molecule is O=C1OC(C2CCCCC2=O)C(Br)=C1Oc1ccccc1. The van der Waals surface area contributed by atoms with Gasteiger partial charge in [0.1, 0.15) is 17.6 Å². The maximum absolute atomic E-state index is 12.0. The Morgan fingerprint density at radius 1 is 1.14 bits per heavy atom. The van der Waals surface area contributed by atoms with E-state index >= 15 is 0 Å². The van der Waals surface area contributed by atoms with Crippen molar-refractivity contribution in [2.45, 2.75) is 31.8 Å².